The van der Waals surface area contributed by atoms with Gasteiger partial charge in [-0.3, -0.25) is 19.0 Å². The Kier molecular flexibility index (Phi) is 8.06. The lowest BCUT2D eigenvalue weighted by Crippen LogP contribution is -2.41. The van der Waals surface area contributed by atoms with E-state index in [1.54, 1.807) is 67.8 Å². The molecule has 9 nitrogen and oxygen atoms in total. The zero-order valence-corrected chi connectivity index (χ0v) is 21.6. The molecule has 0 saturated heterocycles. The molecule has 2 amide bonds. The molecule has 0 aliphatic carbocycles. The van der Waals surface area contributed by atoms with E-state index in [1.165, 1.54) is 4.57 Å². The molecule has 4 rings (SSSR count). The van der Waals surface area contributed by atoms with Crippen molar-refractivity contribution >= 4 is 22.7 Å². The van der Waals surface area contributed by atoms with Crippen molar-refractivity contribution in [2.45, 2.75) is 39.4 Å². The number of nitrogens with one attached hydrogen (secondary N) is 2. The molecule has 9 heteroatoms. The van der Waals surface area contributed by atoms with E-state index >= 15 is 0 Å². The molecule has 0 atom stereocenters. The molecule has 0 bridgehead atoms. The van der Waals surface area contributed by atoms with Gasteiger partial charge in [-0.05, 0) is 61.4 Å². The van der Waals surface area contributed by atoms with Gasteiger partial charge < -0.3 is 15.4 Å². The predicted octanol–water partition coefficient (Wildman–Crippen LogP) is 2.54. The van der Waals surface area contributed by atoms with Crippen molar-refractivity contribution in [3.05, 3.63) is 105 Å². The first-order valence-electron chi connectivity index (χ1n) is 12.3. The lowest BCUT2D eigenvalue weighted by Gasteiger charge is -2.15. The first-order valence-corrected chi connectivity index (χ1v) is 12.3. The normalized spacial score (nSPS) is 10.9. The van der Waals surface area contributed by atoms with Gasteiger partial charge in [-0.2, -0.15) is 0 Å². The van der Waals surface area contributed by atoms with E-state index in [0.717, 1.165) is 15.7 Å². The molecule has 38 heavy (non-hydrogen) atoms. The summed E-state index contributed by atoms with van der Waals surface area (Å²) < 4.78 is 7.50. The molecule has 0 radical (unpaired) electrons. The minimum atomic E-state index is -0.626. The van der Waals surface area contributed by atoms with Crippen molar-refractivity contribution < 1.29 is 14.3 Å². The van der Waals surface area contributed by atoms with Crippen molar-refractivity contribution in [2.24, 2.45) is 0 Å². The summed E-state index contributed by atoms with van der Waals surface area (Å²) in [5.74, 6) is 0.232. The van der Waals surface area contributed by atoms with Gasteiger partial charge in [0.25, 0.3) is 5.56 Å². The van der Waals surface area contributed by atoms with Crippen LogP contribution < -0.4 is 26.6 Å². The molecule has 4 aromatic rings. The molecule has 0 saturated carbocycles. The van der Waals surface area contributed by atoms with E-state index in [1.807, 2.05) is 26.0 Å². The molecule has 3 aromatic carbocycles. The van der Waals surface area contributed by atoms with Crippen LogP contribution >= 0.6 is 0 Å². The van der Waals surface area contributed by atoms with E-state index in [0.29, 0.717) is 22.3 Å². The first kappa shape index (κ1) is 26.4. The monoisotopic (exact) mass is 514 g/mol. The summed E-state index contributed by atoms with van der Waals surface area (Å²) in [5.41, 5.74) is 1.25. The summed E-state index contributed by atoms with van der Waals surface area (Å²) in [6.07, 6.45) is 0.184. The zero-order valence-electron chi connectivity index (χ0n) is 21.6. The van der Waals surface area contributed by atoms with Gasteiger partial charge in [-0.1, -0.05) is 36.4 Å². The number of carbonyl (C=O) groups is 2. The highest BCUT2D eigenvalue weighted by Crippen LogP contribution is 2.13. The maximum Gasteiger partial charge on any atom is 0.336 e. The zero-order chi connectivity index (χ0) is 27.2. The van der Waals surface area contributed by atoms with Crippen LogP contribution in [0, 0.1) is 0 Å². The van der Waals surface area contributed by atoms with Crippen LogP contribution in [0.3, 0.4) is 0 Å². The summed E-state index contributed by atoms with van der Waals surface area (Å²) >= 11 is 0. The van der Waals surface area contributed by atoms with Gasteiger partial charge in [0.15, 0.2) is 0 Å². The Bertz CT molecular complexity index is 1570. The van der Waals surface area contributed by atoms with Crippen LogP contribution in [0.15, 0.2) is 82.4 Å². The SMILES string of the molecule is COc1ccc(CNC(=O)Cn2c(=O)n(-c3ccc(CC(=O)NC(C)C)cc3)c(=O)c3ccccc32)cc1. The number of nitrogens with zero attached hydrogens (tertiary/aromatic N) is 2. The van der Waals surface area contributed by atoms with Gasteiger partial charge in [0.05, 0.1) is 30.1 Å². The largest absolute Gasteiger partial charge is 0.497 e. The second-order valence-electron chi connectivity index (χ2n) is 9.22. The Morgan fingerprint density at radius 3 is 2.18 bits per heavy atom. The Morgan fingerprint density at radius 1 is 0.868 bits per heavy atom. The van der Waals surface area contributed by atoms with E-state index in [2.05, 4.69) is 10.6 Å². The minimum Gasteiger partial charge on any atom is -0.497 e. The van der Waals surface area contributed by atoms with Crippen LogP contribution in [0.2, 0.25) is 0 Å². The first-order chi connectivity index (χ1) is 18.3. The fraction of sp³-hybridized carbons (Fsp3) is 0.241. The van der Waals surface area contributed by atoms with E-state index in [-0.39, 0.29) is 37.4 Å². The molecule has 0 spiro atoms. The summed E-state index contributed by atoms with van der Waals surface area (Å²) in [4.78, 5) is 51.8. The Labute approximate surface area is 219 Å². The van der Waals surface area contributed by atoms with E-state index < -0.39 is 11.2 Å². The maximum atomic E-state index is 13.5. The third-order valence-electron chi connectivity index (χ3n) is 6.01. The molecule has 196 valence electrons. The molecule has 2 N–H and O–H groups in total. The quantitative estimate of drug-likeness (QED) is 0.357. The van der Waals surface area contributed by atoms with Crippen LogP contribution in [-0.2, 0) is 29.1 Å². The number of methoxy groups -OCH3 is 1. The number of aromatic nitrogens is 2. The fourth-order valence-corrected chi connectivity index (χ4v) is 4.17. The topological polar surface area (TPSA) is 111 Å². The summed E-state index contributed by atoms with van der Waals surface area (Å²) in [5, 5.41) is 5.98. The van der Waals surface area contributed by atoms with Crippen molar-refractivity contribution in [1.29, 1.82) is 0 Å². The highest BCUT2D eigenvalue weighted by atomic mass is 16.5. The van der Waals surface area contributed by atoms with Crippen molar-refractivity contribution in [3.8, 4) is 11.4 Å². The Morgan fingerprint density at radius 2 is 1.53 bits per heavy atom. The highest BCUT2D eigenvalue weighted by Gasteiger charge is 2.17. The number of fused-ring (bicyclic) bond motifs is 1. The van der Waals surface area contributed by atoms with Crippen molar-refractivity contribution in [1.82, 2.24) is 19.8 Å². The number of rotatable bonds is 9. The smallest absolute Gasteiger partial charge is 0.336 e. The van der Waals surface area contributed by atoms with E-state index in [4.69, 9.17) is 4.74 Å². The molecular weight excluding hydrogens is 484 g/mol. The summed E-state index contributed by atoms with van der Waals surface area (Å²) in [6.45, 7) is 3.79. The molecule has 0 aliphatic heterocycles. The number of hydrogen-bond donors (Lipinski definition) is 2. The Balaban J connectivity index is 1.62. The average molecular weight is 515 g/mol. The molecule has 0 aliphatic rings. The molecule has 1 aromatic heterocycles. The second kappa shape index (κ2) is 11.6. The van der Waals surface area contributed by atoms with Gasteiger partial charge >= 0.3 is 5.69 Å². The van der Waals surface area contributed by atoms with Crippen LogP contribution in [0.1, 0.15) is 25.0 Å². The maximum absolute atomic E-state index is 13.5. The molecular formula is C29H30N4O5. The van der Waals surface area contributed by atoms with Crippen LogP contribution in [-0.4, -0.2) is 34.1 Å². The van der Waals surface area contributed by atoms with Gasteiger partial charge in [-0.25, -0.2) is 9.36 Å². The number of carbonyl (C=O) groups excluding carboxylic acids is 2. The number of hydrogen-bond acceptors (Lipinski definition) is 5. The molecule has 0 unspecified atom stereocenters. The van der Waals surface area contributed by atoms with Gasteiger partial charge in [-0.15, -0.1) is 0 Å². The highest BCUT2D eigenvalue weighted by molar-refractivity contribution is 5.82. The van der Waals surface area contributed by atoms with Crippen LogP contribution in [0.25, 0.3) is 16.6 Å². The third kappa shape index (κ3) is 6.00. The average Bonchev–Trinajstić information content (AvgIpc) is 2.90. The number of para-hydroxylation sites is 1. The molecule has 0 fully saturated rings. The molecule has 1 heterocycles. The second-order valence-corrected chi connectivity index (χ2v) is 9.22. The number of amides is 2. The van der Waals surface area contributed by atoms with Gasteiger partial charge in [0.2, 0.25) is 11.8 Å². The summed E-state index contributed by atoms with van der Waals surface area (Å²) in [7, 11) is 1.58. The number of benzene rings is 3. The van der Waals surface area contributed by atoms with Crippen molar-refractivity contribution in [2.75, 3.05) is 7.11 Å². The van der Waals surface area contributed by atoms with Crippen molar-refractivity contribution in [3.63, 3.8) is 0 Å². The van der Waals surface area contributed by atoms with Crippen LogP contribution in [0.5, 0.6) is 5.75 Å². The van der Waals surface area contributed by atoms with Crippen LogP contribution in [0.4, 0.5) is 0 Å². The standard InChI is InChI=1S/C29H30N4O5/c1-19(2)31-26(34)16-20-8-12-22(13-9-20)33-28(36)24-6-4-5-7-25(24)32(29(33)37)18-27(35)30-17-21-10-14-23(38-3)15-11-21/h4-15,19H,16-18H2,1-3H3,(H,30,35)(H,31,34). The lowest BCUT2D eigenvalue weighted by molar-refractivity contribution is -0.122. The minimum absolute atomic E-state index is 0.0322. The number of ether oxygens (including phenoxy) is 1. The summed E-state index contributed by atoms with van der Waals surface area (Å²) in [6, 6.07) is 20.7. The Hall–Kier alpha value is -4.66. The van der Waals surface area contributed by atoms with Gasteiger partial charge in [0, 0.05) is 12.6 Å². The van der Waals surface area contributed by atoms with E-state index in [9.17, 15) is 19.2 Å². The third-order valence-corrected chi connectivity index (χ3v) is 6.01. The lowest BCUT2D eigenvalue weighted by atomic mass is 10.1. The predicted molar refractivity (Wildman–Crippen MR) is 146 cm³/mol. The fourth-order valence-electron chi connectivity index (χ4n) is 4.17. The van der Waals surface area contributed by atoms with Gasteiger partial charge in [0.1, 0.15) is 12.3 Å².